The highest BCUT2D eigenvalue weighted by Crippen LogP contribution is 2.46. The van der Waals surface area contributed by atoms with Crippen LogP contribution in [0.5, 0.6) is 0 Å². The van der Waals surface area contributed by atoms with Crippen LogP contribution in [0, 0.1) is 0 Å². The molecule has 0 aliphatic carbocycles. The lowest BCUT2D eigenvalue weighted by Gasteiger charge is -2.13. The lowest BCUT2D eigenvalue weighted by molar-refractivity contribution is 0.977. The Hall–Kier alpha value is -0.293. The molecule has 6 rings (SSSR count). The van der Waals surface area contributed by atoms with E-state index in [2.05, 4.69) is 161 Å². The summed E-state index contributed by atoms with van der Waals surface area (Å²) in [5.74, 6) is 0. The summed E-state index contributed by atoms with van der Waals surface area (Å²) in [5.41, 5.74) is 5.09. The average molecular weight is 785 g/mol. The number of benzene rings is 4. The van der Waals surface area contributed by atoms with Gasteiger partial charge in [-0.15, -0.1) is 21.8 Å². The van der Waals surface area contributed by atoms with Gasteiger partial charge in [-0.05, 0) is 91.2 Å². The fourth-order valence-electron chi connectivity index (χ4n) is 4.45. The predicted molar refractivity (Wildman–Crippen MR) is 190 cm³/mol. The fourth-order valence-corrected chi connectivity index (χ4v) is 11.4. The second kappa shape index (κ2) is 13.9. The van der Waals surface area contributed by atoms with Crippen LogP contribution in [0.4, 0.5) is 0 Å². The summed E-state index contributed by atoms with van der Waals surface area (Å²) >= 11 is 11.8. The minimum Gasteiger partial charge on any atom is -0.120 e. The predicted octanol–water partition coefficient (Wildman–Crippen LogP) is 9.20. The summed E-state index contributed by atoms with van der Waals surface area (Å²) < 4.78 is 0. The smallest absolute Gasteiger partial charge is 0.116 e. The fraction of sp³-hybridized carbons (Fsp3) is 0.226. The molecule has 0 unspecified atom stereocenters. The second-order valence-electron chi connectivity index (χ2n) is 10.1. The molecule has 4 aromatic carbocycles. The molecule has 0 spiro atoms. The molecule has 37 heavy (non-hydrogen) atoms. The Morgan fingerprint density at radius 3 is 1.11 bits per heavy atom. The van der Waals surface area contributed by atoms with E-state index in [-0.39, 0.29) is 5.56 Å². The van der Waals surface area contributed by atoms with Gasteiger partial charge in [-0.1, -0.05) is 128 Å². The molecule has 0 amide bonds. The quantitative estimate of drug-likeness (QED) is 0.0723. The molecule has 0 atom stereocenters. The van der Waals surface area contributed by atoms with Crippen molar-refractivity contribution in [3.05, 3.63) is 119 Å². The molecule has 0 saturated carbocycles. The lowest BCUT2D eigenvalue weighted by atomic mass is 10.0. The Morgan fingerprint density at radius 2 is 0.784 bits per heavy atom. The zero-order valence-corrected chi connectivity index (χ0v) is 29.5. The highest BCUT2D eigenvalue weighted by atomic mass is 127. The second-order valence-corrected chi connectivity index (χ2v) is 30.9. The van der Waals surface area contributed by atoms with Crippen molar-refractivity contribution < 1.29 is 0 Å². The van der Waals surface area contributed by atoms with Crippen LogP contribution < -0.4 is 21.2 Å². The van der Waals surface area contributed by atoms with Gasteiger partial charge in [0, 0.05) is 5.56 Å². The Labute approximate surface area is 257 Å². The molecule has 0 N–H and O–H groups in total. The van der Waals surface area contributed by atoms with Crippen molar-refractivity contribution in [2.45, 2.75) is 45.3 Å². The molecule has 0 radical (unpaired) electrons. The molecular formula is C31H33ClI2P2Si. The minimum absolute atomic E-state index is 0.180. The van der Waals surface area contributed by atoms with Gasteiger partial charge in [0.05, 0.1) is 7.27 Å². The summed E-state index contributed by atoms with van der Waals surface area (Å²) in [7, 11) is -0.678. The SMILES string of the molecule is C[Si](C)(C)I.ClP1c2ccccc2CCc2ccccc21.IP1c2ccccc2CCc2ccccc21. The molecule has 6 heteroatoms. The van der Waals surface area contributed by atoms with Crippen LogP contribution >= 0.6 is 67.9 Å². The Kier molecular flexibility index (Phi) is 11.1. The van der Waals surface area contributed by atoms with E-state index in [4.69, 9.17) is 11.2 Å². The highest BCUT2D eigenvalue weighted by molar-refractivity contribution is 14.2. The summed E-state index contributed by atoms with van der Waals surface area (Å²) in [6.07, 6.45) is 4.60. The molecule has 192 valence electrons. The van der Waals surface area contributed by atoms with Crippen LogP contribution in [-0.2, 0) is 25.7 Å². The van der Waals surface area contributed by atoms with Crippen LogP contribution in [0.15, 0.2) is 97.1 Å². The standard InChI is InChI=1S/C14H12ClP.C14H12IP.C3H9ISi/c2*15-16-13-7-3-1-5-11(13)9-10-12-6-2-4-8-14(12)16;1-5(2,3)4/h2*1-8H,9-10H2;1-3H3. The van der Waals surface area contributed by atoms with Gasteiger partial charge in [-0.25, -0.2) is 0 Å². The minimum atomic E-state index is -0.678. The molecule has 2 heterocycles. The van der Waals surface area contributed by atoms with E-state index < -0.39 is 12.8 Å². The third-order valence-electron chi connectivity index (χ3n) is 6.14. The van der Waals surface area contributed by atoms with Gasteiger partial charge in [0.25, 0.3) is 0 Å². The van der Waals surface area contributed by atoms with E-state index in [0.717, 1.165) is 12.8 Å². The van der Waals surface area contributed by atoms with Gasteiger partial charge in [0.2, 0.25) is 0 Å². The maximum atomic E-state index is 6.65. The van der Waals surface area contributed by atoms with Crippen molar-refractivity contribution in [1.82, 2.24) is 0 Å². The van der Waals surface area contributed by atoms with Crippen LogP contribution in [-0.4, -0.2) is 5.57 Å². The lowest BCUT2D eigenvalue weighted by Crippen LogP contribution is -2.11. The van der Waals surface area contributed by atoms with Gasteiger partial charge in [-0.3, -0.25) is 0 Å². The van der Waals surface area contributed by atoms with Crippen LogP contribution in [0.2, 0.25) is 19.6 Å². The number of halogens is 3. The van der Waals surface area contributed by atoms with Crippen molar-refractivity contribution in [3.8, 4) is 0 Å². The summed E-state index contributed by atoms with van der Waals surface area (Å²) in [6, 6.07) is 35.0. The van der Waals surface area contributed by atoms with Gasteiger partial charge in [0.15, 0.2) is 0 Å². The largest absolute Gasteiger partial charge is 0.120 e. The monoisotopic (exact) mass is 784 g/mol. The van der Waals surface area contributed by atoms with Crippen molar-refractivity contribution in [3.63, 3.8) is 0 Å². The third kappa shape index (κ3) is 8.35. The molecule has 2 aliphatic rings. The maximum Gasteiger partial charge on any atom is 0.116 e. The molecule has 0 bridgehead atoms. The van der Waals surface area contributed by atoms with E-state index >= 15 is 0 Å². The van der Waals surface area contributed by atoms with Gasteiger partial charge < -0.3 is 0 Å². The number of hydrogen-bond donors (Lipinski definition) is 0. The average Bonchev–Trinajstić information content (AvgIpc) is 3.13. The van der Waals surface area contributed by atoms with Crippen molar-refractivity contribution in [1.29, 1.82) is 0 Å². The van der Waals surface area contributed by atoms with Gasteiger partial charge in [0.1, 0.15) is 5.57 Å². The third-order valence-corrected chi connectivity index (χ3v) is 13.8. The Morgan fingerprint density at radius 1 is 0.541 bits per heavy atom. The van der Waals surface area contributed by atoms with E-state index in [1.54, 1.807) is 21.7 Å². The van der Waals surface area contributed by atoms with Gasteiger partial charge in [-0.2, -0.15) is 0 Å². The first-order chi connectivity index (χ1) is 17.7. The molecule has 0 fully saturated rings. The first-order valence-electron chi connectivity index (χ1n) is 12.6. The van der Waals surface area contributed by atoms with Crippen LogP contribution in [0.3, 0.4) is 0 Å². The first-order valence-corrected chi connectivity index (χ1v) is 25.6. The topological polar surface area (TPSA) is 0 Å². The number of rotatable bonds is 0. The zero-order valence-electron chi connectivity index (χ0n) is 21.6. The first kappa shape index (κ1) is 29.7. The van der Waals surface area contributed by atoms with E-state index in [0.29, 0.717) is 0 Å². The maximum absolute atomic E-state index is 6.65. The van der Waals surface area contributed by atoms with Crippen LogP contribution in [0.25, 0.3) is 0 Å². The van der Waals surface area contributed by atoms with E-state index in [1.807, 2.05) is 0 Å². The number of hydrogen-bond acceptors (Lipinski definition) is 0. The van der Waals surface area contributed by atoms with Crippen molar-refractivity contribution in [2.75, 3.05) is 0 Å². The molecule has 0 saturated heterocycles. The van der Waals surface area contributed by atoms with Gasteiger partial charge >= 0.3 is 0 Å². The van der Waals surface area contributed by atoms with E-state index in [1.165, 1.54) is 34.6 Å². The zero-order chi connectivity index (χ0) is 26.4. The normalized spacial score (nSPS) is 14.6. The van der Waals surface area contributed by atoms with Crippen molar-refractivity contribution in [2.24, 2.45) is 0 Å². The molecule has 0 aromatic heterocycles. The molecular weight excluding hydrogens is 752 g/mol. The highest BCUT2D eigenvalue weighted by Gasteiger charge is 2.21. The number of aryl methyl sites for hydroxylation is 4. The summed E-state index contributed by atoms with van der Waals surface area (Å²) in [5, 5.41) is 5.79. The molecule has 2 aliphatic heterocycles. The molecule has 4 aromatic rings. The Balaban J connectivity index is 0.000000147. The van der Waals surface area contributed by atoms with E-state index in [9.17, 15) is 0 Å². The summed E-state index contributed by atoms with van der Waals surface area (Å²) in [6.45, 7) is 6.94. The van der Waals surface area contributed by atoms with Crippen molar-refractivity contribution >= 4 is 94.7 Å². The summed E-state index contributed by atoms with van der Waals surface area (Å²) in [4.78, 5) is 0. The Bertz CT molecular complexity index is 1140. The van der Waals surface area contributed by atoms with Crippen LogP contribution in [0.1, 0.15) is 22.3 Å². The molecule has 0 nitrogen and oxygen atoms in total. The number of fused-ring (bicyclic) bond motifs is 4.